The fourth-order valence-electron chi connectivity index (χ4n) is 1.82. The van der Waals surface area contributed by atoms with Crippen molar-refractivity contribution < 1.29 is 4.79 Å². The van der Waals surface area contributed by atoms with E-state index >= 15 is 0 Å². The molecule has 0 aliphatic rings. The van der Waals surface area contributed by atoms with E-state index in [1.165, 1.54) is 0 Å². The molecule has 1 unspecified atom stereocenters. The van der Waals surface area contributed by atoms with E-state index in [1.807, 2.05) is 50.2 Å². The molecule has 2 aromatic rings. The molecule has 1 heterocycles. The van der Waals surface area contributed by atoms with Crippen molar-refractivity contribution >= 4 is 33.0 Å². The predicted molar refractivity (Wildman–Crippen MR) is 75.9 cm³/mol. The van der Waals surface area contributed by atoms with E-state index in [1.54, 1.807) is 11.3 Å². The van der Waals surface area contributed by atoms with Crippen molar-refractivity contribution in [3.8, 4) is 0 Å². The lowest BCUT2D eigenvalue weighted by Gasteiger charge is -2.10. The van der Waals surface area contributed by atoms with Crippen molar-refractivity contribution in [2.24, 2.45) is 0 Å². The molecular weight excluding hydrogens is 296 g/mol. The van der Waals surface area contributed by atoms with Gasteiger partial charge in [0, 0.05) is 16.4 Å². The standard InChI is InChI=1S/C14H13BrOS/c1-9(11-6-4-3-5-7-11)14(16)12-8-13(15)17-10(12)2/h3-9H,1-2H3. The van der Waals surface area contributed by atoms with Crippen molar-refractivity contribution in [3.05, 3.63) is 56.2 Å². The van der Waals surface area contributed by atoms with E-state index in [0.717, 1.165) is 19.8 Å². The normalized spacial score (nSPS) is 12.4. The summed E-state index contributed by atoms with van der Waals surface area (Å²) in [6.45, 7) is 3.95. The summed E-state index contributed by atoms with van der Waals surface area (Å²) < 4.78 is 1.01. The van der Waals surface area contributed by atoms with Gasteiger partial charge < -0.3 is 0 Å². The van der Waals surface area contributed by atoms with Crippen LogP contribution < -0.4 is 0 Å². The zero-order chi connectivity index (χ0) is 12.4. The fourth-order valence-corrected chi connectivity index (χ4v) is 3.51. The van der Waals surface area contributed by atoms with E-state index < -0.39 is 0 Å². The summed E-state index contributed by atoms with van der Waals surface area (Å²) in [5.41, 5.74) is 1.90. The number of carbonyl (C=O) groups excluding carboxylic acids is 1. The second-order valence-electron chi connectivity index (χ2n) is 4.02. The summed E-state index contributed by atoms with van der Waals surface area (Å²) in [6.07, 6.45) is 0. The number of thiophene rings is 1. The Labute approximate surface area is 114 Å². The Balaban J connectivity index is 2.30. The summed E-state index contributed by atoms with van der Waals surface area (Å²) in [5.74, 6) is 0.104. The van der Waals surface area contributed by atoms with Crippen LogP contribution in [0, 0.1) is 6.92 Å². The Kier molecular flexibility index (Phi) is 3.79. The number of halogens is 1. The van der Waals surface area contributed by atoms with Gasteiger partial charge in [-0.3, -0.25) is 4.79 Å². The highest BCUT2D eigenvalue weighted by Crippen LogP contribution is 2.30. The number of aryl methyl sites for hydroxylation is 1. The molecule has 0 aliphatic heterocycles. The van der Waals surface area contributed by atoms with Crippen LogP contribution in [-0.2, 0) is 0 Å². The smallest absolute Gasteiger partial charge is 0.171 e. The van der Waals surface area contributed by atoms with Gasteiger partial charge in [0.25, 0.3) is 0 Å². The lowest BCUT2D eigenvalue weighted by atomic mass is 9.93. The van der Waals surface area contributed by atoms with E-state index in [4.69, 9.17) is 0 Å². The molecule has 0 bridgehead atoms. The van der Waals surface area contributed by atoms with Gasteiger partial charge in [0.15, 0.2) is 5.78 Å². The molecular formula is C14H13BrOS. The molecule has 0 amide bonds. The van der Waals surface area contributed by atoms with Crippen molar-refractivity contribution in [2.75, 3.05) is 0 Å². The van der Waals surface area contributed by atoms with E-state index in [2.05, 4.69) is 15.9 Å². The van der Waals surface area contributed by atoms with Crippen LogP contribution in [0.4, 0.5) is 0 Å². The maximum atomic E-state index is 12.4. The van der Waals surface area contributed by atoms with Gasteiger partial charge in [-0.05, 0) is 34.5 Å². The maximum Gasteiger partial charge on any atom is 0.171 e. The third kappa shape index (κ3) is 2.67. The second-order valence-corrected chi connectivity index (χ2v) is 6.65. The van der Waals surface area contributed by atoms with Crippen LogP contribution in [0.25, 0.3) is 0 Å². The van der Waals surface area contributed by atoms with Gasteiger partial charge in [-0.15, -0.1) is 11.3 Å². The van der Waals surface area contributed by atoms with Crippen molar-refractivity contribution in [1.29, 1.82) is 0 Å². The van der Waals surface area contributed by atoms with Gasteiger partial charge in [-0.25, -0.2) is 0 Å². The summed E-state index contributed by atoms with van der Waals surface area (Å²) in [7, 11) is 0. The number of hydrogen-bond donors (Lipinski definition) is 0. The average Bonchev–Trinajstić information content (AvgIpc) is 2.68. The lowest BCUT2D eigenvalue weighted by Crippen LogP contribution is -2.09. The summed E-state index contributed by atoms with van der Waals surface area (Å²) in [6, 6.07) is 11.8. The van der Waals surface area contributed by atoms with Crippen LogP contribution in [0.2, 0.25) is 0 Å². The minimum atomic E-state index is -0.0867. The van der Waals surface area contributed by atoms with Gasteiger partial charge >= 0.3 is 0 Å². The number of benzene rings is 1. The molecule has 2 rings (SSSR count). The number of hydrogen-bond acceptors (Lipinski definition) is 2. The Hall–Kier alpha value is -0.930. The highest BCUT2D eigenvalue weighted by molar-refractivity contribution is 9.11. The van der Waals surface area contributed by atoms with Crippen molar-refractivity contribution in [3.63, 3.8) is 0 Å². The summed E-state index contributed by atoms with van der Waals surface area (Å²) in [5, 5.41) is 0. The first-order valence-corrected chi connectivity index (χ1v) is 7.05. The van der Waals surface area contributed by atoms with Gasteiger partial charge in [-0.1, -0.05) is 37.3 Å². The quantitative estimate of drug-likeness (QED) is 0.744. The topological polar surface area (TPSA) is 17.1 Å². The maximum absolute atomic E-state index is 12.4. The molecule has 88 valence electrons. The molecule has 0 fully saturated rings. The Morgan fingerprint density at radius 1 is 1.29 bits per heavy atom. The molecule has 3 heteroatoms. The van der Waals surface area contributed by atoms with E-state index in [-0.39, 0.29) is 11.7 Å². The minimum Gasteiger partial charge on any atom is -0.293 e. The number of rotatable bonds is 3. The monoisotopic (exact) mass is 308 g/mol. The Morgan fingerprint density at radius 3 is 2.47 bits per heavy atom. The van der Waals surface area contributed by atoms with Crippen molar-refractivity contribution in [2.45, 2.75) is 19.8 Å². The highest BCUT2D eigenvalue weighted by atomic mass is 79.9. The zero-order valence-electron chi connectivity index (χ0n) is 9.74. The second kappa shape index (κ2) is 5.15. The first-order chi connectivity index (χ1) is 8.09. The lowest BCUT2D eigenvalue weighted by molar-refractivity contribution is 0.0966. The molecule has 0 aliphatic carbocycles. The number of ketones is 1. The van der Waals surface area contributed by atoms with Crippen LogP contribution in [0.1, 0.15) is 33.6 Å². The molecule has 0 N–H and O–H groups in total. The molecule has 0 spiro atoms. The molecule has 0 radical (unpaired) electrons. The largest absolute Gasteiger partial charge is 0.293 e. The van der Waals surface area contributed by atoms with Crippen LogP contribution >= 0.6 is 27.3 Å². The minimum absolute atomic E-state index is 0.0867. The van der Waals surface area contributed by atoms with Crippen LogP contribution in [-0.4, -0.2) is 5.78 Å². The fraction of sp³-hybridized carbons (Fsp3) is 0.214. The number of carbonyl (C=O) groups is 1. The van der Waals surface area contributed by atoms with Gasteiger partial charge in [-0.2, -0.15) is 0 Å². The van der Waals surface area contributed by atoms with E-state index in [9.17, 15) is 4.79 Å². The predicted octanol–water partition coefficient (Wildman–Crippen LogP) is 4.81. The Bertz CT molecular complexity index is 530. The molecule has 1 nitrogen and oxygen atoms in total. The van der Waals surface area contributed by atoms with Crippen molar-refractivity contribution in [1.82, 2.24) is 0 Å². The summed E-state index contributed by atoms with van der Waals surface area (Å²) in [4.78, 5) is 13.4. The van der Waals surface area contributed by atoms with Crippen LogP contribution in [0.15, 0.2) is 40.2 Å². The van der Waals surface area contributed by atoms with Crippen LogP contribution in [0.3, 0.4) is 0 Å². The zero-order valence-corrected chi connectivity index (χ0v) is 12.1. The molecule has 17 heavy (non-hydrogen) atoms. The summed E-state index contributed by atoms with van der Waals surface area (Å²) >= 11 is 5.03. The Morgan fingerprint density at radius 2 is 1.94 bits per heavy atom. The first kappa shape index (κ1) is 12.5. The first-order valence-electron chi connectivity index (χ1n) is 5.44. The highest BCUT2D eigenvalue weighted by Gasteiger charge is 2.20. The van der Waals surface area contributed by atoms with Gasteiger partial charge in [0.1, 0.15) is 0 Å². The molecule has 0 saturated heterocycles. The van der Waals surface area contributed by atoms with Crippen LogP contribution in [0.5, 0.6) is 0 Å². The molecule has 1 aromatic heterocycles. The van der Waals surface area contributed by atoms with Gasteiger partial charge in [0.05, 0.1) is 3.79 Å². The van der Waals surface area contributed by atoms with Gasteiger partial charge in [0.2, 0.25) is 0 Å². The number of Topliss-reactive ketones (excluding diaryl/α,β-unsaturated/α-hetero) is 1. The molecule has 1 aromatic carbocycles. The average molecular weight is 309 g/mol. The third-order valence-corrected chi connectivity index (χ3v) is 4.40. The van der Waals surface area contributed by atoms with E-state index in [0.29, 0.717) is 0 Å². The molecule has 1 atom stereocenters. The third-order valence-electron chi connectivity index (χ3n) is 2.85. The molecule has 0 saturated carbocycles. The SMILES string of the molecule is Cc1sc(Br)cc1C(=O)C(C)c1ccccc1.